The van der Waals surface area contributed by atoms with Crippen LogP contribution in [-0.2, 0) is 20.2 Å². The molecule has 12 N–H and O–H groups in total. The normalized spacial score (nSPS) is 10.7. The second-order valence-corrected chi connectivity index (χ2v) is 7.31. The highest BCUT2D eigenvalue weighted by Crippen LogP contribution is 2.25. The first kappa shape index (κ1) is 23.1. The molecule has 0 bridgehead atoms. The van der Waals surface area contributed by atoms with Gasteiger partial charge >= 0.3 is 0 Å². The molecule has 0 fully saturated rings. The summed E-state index contributed by atoms with van der Waals surface area (Å²) in [5.74, 6) is -0.667. The van der Waals surface area contributed by atoms with Crippen LogP contribution in [0.25, 0.3) is 10.8 Å². The molecule has 0 atom stereocenters. The summed E-state index contributed by atoms with van der Waals surface area (Å²) in [5, 5.41) is 12.6. The van der Waals surface area contributed by atoms with Crippen LogP contribution >= 0.6 is 0 Å². The summed E-state index contributed by atoms with van der Waals surface area (Å²) in [5.41, 5.74) is 17.9. The van der Waals surface area contributed by atoms with Crippen LogP contribution in [0.1, 0.15) is 0 Å². The predicted molar refractivity (Wildman–Crippen MR) is 95.8 cm³/mol. The fourth-order valence-electron chi connectivity index (χ4n) is 1.62. The van der Waals surface area contributed by atoms with E-state index < -0.39 is 20.2 Å². The highest BCUT2D eigenvalue weighted by Gasteiger charge is 2.16. The van der Waals surface area contributed by atoms with E-state index in [-0.39, 0.29) is 32.5 Å². The Morgan fingerprint density at radius 2 is 1.27 bits per heavy atom. The second-order valence-electron chi connectivity index (χ2n) is 4.50. The van der Waals surface area contributed by atoms with E-state index in [1.807, 2.05) is 0 Å². The number of nitrogens with two attached hydrogens (primary N) is 4. The van der Waals surface area contributed by atoms with E-state index in [0.717, 1.165) is 12.1 Å². The van der Waals surface area contributed by atoms with Crippen molar-refractivity contribution in [1.29, 1.82) is 10.8 Å². The molecule has 0 saturated carbocycles. The van der Waals surface area contributed by atoms with Crippen molar-refractivity contribution in [2.24, 2.45) is 22.9 Å². The molecule has 2 aromatic carbocycles. The van der Waals surface area contributed by atoms with E-state index >= 15 is 0 Å². The highest BCUT2D eigenvalue weighted by molar-refractivity contribution is 7.86. The molecule has 0 saturated heterocycles. The Kier molecular flexibility index (Phi) is 7.94. The summed E-state index contributed by atoms with van der Waals surface area (Å²) in [6.45, 7) is 0. The molecule has 0 spiro atoms. The van der Waals surface area contributed by atoms with Crippen molar-refractivity contribution in [3.05, 3.63) is 36.4 Å². The molecule has 0 aliphatic rings. The van der Waals surface area contributed by atoms with Gasteiger partial charge in [0.25, 0.3) is 20.2 Å². The predicted octanol–water partition coefficient (Wildman–Crippen LogP) is -0.990. The topological polar surface area (TPSA) is 261 Å². The lowest BCUT2D eigenvalue weighted by Gasteiger charge is -2.05. The van der Waals surface area contributed by atoms with Gasteiger partial charge in [-0.05, 0) is 23.6 Å². The minimum atomic E-state index is -4.39. The largest absolute Gasteiger partial charge is 0.370 e. The van der Waals surface area contributed by atoms with E-state index in [2.05, 4.69) is 22.9 Å². The maximum atomic E-state index is 11.1. The van der Waals surface area contributed by atoms with Gasteiger partial charge in [0.1, 0.15) is 4.90 Å². The summed E-state index contributed by atoms with van der Waals surface area (Å²) in [6.07, 6.45) is 0. The van der Waals surface area contributed by atoms with E-state index in [9.17, 15) is 16.8 Å². The third-order valence-electron chi connectivity index (χ3n) is 2.39. The first-order valence-corrected chi connectivity index (χ1v) is 9.21. The Balaban J connectivity index is 0.000000662. The number of hydrogen-bond donors (Lipinski definition) is 8. The summed E-state index contributed by atoms with van der Waals surface area (Å²) >= 11 is 0. The molecular formula is C12H18N6O6S2. The highest BCUT2D eigenvalue weighted by atomic mass is 32.2. The van der Waals surface area contributed by atoms with Gasteiger partial charge in [-0.2, -0.15) is 16.8 Å². The maximum absolute atomic E-state index is 11.1. The molecule has 0 heterocycles. The lowest BCUT2D eigenvalue weighted by molar-refractivity contribution is 0.482. The first-order valence-electron chi connectivity index (χ1n) is 6.33. The number of fused-ring (bicyclic) bond motifs is 1. The molecule has 0 aromatic heterocycles. The number of nitrogens with one attached hydrogen (secondary N) is 2. The van der Waals surface area contributed by atoms with Gasteiger partial charge in [0.05, 0.1) is 4.90 Å². The molecule has 12 nitrogen and oxygen atoms in total. The zero-order valence-corrected chi connectivity index (χ0v) is 14.8. The van der Waals surface area contributed by atoms with Crippen LogP contribution < -0.4 is 22.9 Å². The van der Waals surface area contributed by atoms with E-state index in [0.29, 0.717) is 0 Å². The Hall–Kier alpha value is -2.94. The van der Waals surface area contributed by atoms with Crippen molar-refractivity contribution < 1.29 is 25.9 Å². The molecule has 144 valence electrons. The van der Waals surface area contributed by atoms with Crippen LogP contribution in [0.15, 0.2) is 46.2 Å². The smallest absolute Gasteiger partial charge is 0.295 e. The van der Waals surface area contributed by atoms with Crippen LogP contribution in [0.2, 0.25) is 0 Å². The average molecular weight is 406 g/mol. The zero-order chi connectivity index (χ0) is 20.7. The molecule has 2 aromatic rings. The van der Waals surface area contributed by atoms with Gasteiger partial charge in [0.15, 0.2) is 11.9 Å². The number of benzene rings is 2. The van der Waals surface area contributed by atoms with Crippen molar-refractivity contribution in [3.63, 3.8) is 0 Å². The van der Waals surface area contributed by atoms with Gasteiger partial charge in [-0.25, -0.2) is 0 Å². The number of rotatable bonds is 2. The van der Waals surface area contributed by atoms with Crippen LogP contribution in [-0.4, -0.2) is 37.9 Å². The van der Waals surface area contributed by atoms with Gasteiger partial charge in [-0.3, -0.25) is 19.9 Å². The monoisotopic (exact) mass is 406 g/mol. The lowest BCUT2D eigenvalue weighted by atomic mass is 10.1. The average Bonchev–Trinajstić information content (AvgIpc) is 2.42. The van der Waals surface area contributed by atoms with Crippen molar-refractivity contribution >= 4 is 42.9 Å². The minimum absolute atomic E-state index is 0.174. The molecule has 2 rings (SSSR count). The lowest BCUT2D eigenvalue weighted by Crippen LogP contribution is -2.20. The van der Waals surface area contributed by atoms with E-state index in [1.165, 1.54) is 24.3 Å². The van der Waals surface area contributed by atoms with Crippen molar-refractivity contribution in [2.45, 2.75) is 9.79 Å². The summed E-state index contributed by atoms with van der Waals surface area (Å²) in [7, 11) is -8.74. The number of hydrogen-bond acceptors (Lipinski definition) is 6. The van der Waals surface area contributed by atoms with E-state index in [4.69, 9.17) is 19.9 Å². The molecule has 0 radical (unpaired) electrons. The Morgan fingerprint density at radius 1 is 0.808 bits per heavy atom. The standard InChI is InChI=1S/C10H8O6S2.2CH5N3/c11-17(12,13)8-4-5-9-7(6-8)2-1-3-10(9)18(14,15)16;2*2-1(3)4/h1-6H,(H,11,12,13)(H,14,15,16);2*(H5,2,3,4). The van der Waals surface area contributed by atoms with Crippen LogP contribution in [0.4, 0.5) is 0 Å². The third-order valence-corrected chi connectivity index (χ3v) is 4.15. The molecule has 26 heavy (non-hydrogen) atoms. The van der Waals surface area contributed by atoms with Crippen LogP contribution in [0.5, 0.6) is 0 Å². The molecule has 0 aliphatic carbocycles. The fourth-order valence-corrected chi connectivity index (χ4v) is 2.85. The molecular weight excluding hydrogens is 388 g/mol. The SMILES string of the molecule is N=C(N)N.N=C(N)N.O=S(=O)(O)c1ccc2c(S(=O)(=O)O)cccc2c1. The van der Waals surface area contributed by atoms with Gasteiger partial charge in [0.2, 0.25) is 0 Å². The zero-order valence-electron chi connectivity index (χ0n) is 13.1. The van der Waals surface area contributed by atoms with Gasteiger partial charge in [0, 0.05) is 5.39 Å². The summed E-state index contributed by atoms with van der Waals surface area (Å²) < 4.78 is 62.0. The molecule has 0 unspecified atom stereocenters. The van der Waals surface area contributed by atoms with Crippen molar-refractivity contribution in [2.75, 3.05) is 0 Å². The van der Waals surface area contributed by atoms with Gasteiger partial charge < -0.3 is 22.9 Å². The first-order chi connectivity index (χ1) is 11.7. The fraction of sp³-hybridized carbons (Fsp3) is 0. The number of guanidine groups is 2. The Labute approximate surface area is 149 Å². The van der Waals surface area contributed by atoms with E-state index in [1.54, 1.807) is 0 Å². The van der Waals surface area contributed by atoms with Gasteiger partial charge in [-0.15, -0.1) is 0 Å². The quantitative estimate of drug-likeness (QED) is 0.171. The second kappa shape index (κ2) is 8.95. The molecule has 0 amide bonds. The molecule has 0 aliphatic heterocycles. The molecule has 14 heteroatoms. The summed E-state index contributed by atoms with van der Waals surface area (Å²) in [6, 6.07) is 7.43. The Bertz CT molecular complexity index is 1000. The Morgan fingerprint density at radius 3 is 1.65 bits per heavy atom. The maximum Gasteiger partial charge on any atom is 0.295 e. The van der Waals surface area contributed by atoms with Gasteiger partial charge in [-0.1, -0.05) is 18.2 Å². The van der Waals surface area contributed by atoms with Crippen LogP contribution in [0, 0.1) is 10.8 Å². The minimum Gasteiger partial charge on any atom is -0.370 e. The summed E-state index contributed by atoms with van der Waals surface area (Å²) in [4.78, 5) is -0.663. The van der Waals surface area contributed by atoms with Crippen LogP contribution in [0.3, 0.4) is 0 Å². The van der Waals surface area contributed by atoms with Crippen molar-refractivity contribution in [1.82, 2.24) is 0 Å². The third kappa shape index (κ3) is 8.25. The van der Waals surface area contributed by atoms with Crippen molar-refractivity contribution in [3.8, 4) is 0 Å².